The van der Waals surface area contributed by atoms with Crippen molar-refractivity contribution in [3.8, 4) is 0 Å². The second-order valence-corrected chi connectivity index (χ2v) is 6.23. The molecule has 5 nitrogen and oxygen atoms in total. The lowest BCUT2D eigenvalue weighted by Gasteiger charge is -2.13. The molecule has 0 aromatic heterocycles. The lowest BCUT2D eigenvalue weighted by Crippen LogP contribution is -3.03. The third kappa shape index (κ3) is 10.6. The van der Waals surface area contributed by atoms with Crippen LogP contribution in [0.1, 0.15) is 39.5 Å². The van der Waals surface area contributed by atoms with Gasteiger partial charge in [-0.1, -0.05) is 33.1 Å². The molecule has 1 heterocycles. The van der Waals surface area contributed by atoms with Gasteiger partial charge in [-0.25, -0.2) is 8.42 Å². The van der Waals surface area contributed by atoms with E-state index in [9.17, 15) is 13.0 Å². The number of quaternary nitrogens is 1. The van der Waals surface area contributed by atoms with Gasteiger partial charge in [-0.05, 0) is 6.42 Å². The zero-order valence-electron chi connectivity index (χ0n) is 11.7. The maximum atomic E-state index is 9.44. The Morgan fingerprint density at radius 1 is 1.28 bits per heavy atom. The molecule has 108 valence electrons. The van der Waals surface area contributed by atoms with Crippen LogP contribution in [0.25, 0.3) is 0 Å². The Morgan fingerprint density at radius 3 is 2.28 bits per heavy atom. The highest BCUT2D eigenvalue weighted by Gasteiger charge is 2.10. The van der Waals surface area contributed by atoms with E-state index in [2.05, 4.69) is 31.3 Å². The molecule has 0 spiro atoms. The van der Waals surface area contributed by atoms with Gasteiger partial charge in [-0.15, -0.1) is 0 Å². The summed E-state index contributed by atoms with van der Waals surface area (Å²) < 4.78 is 28.3. The summed E-state index contributed by atoms with van der Waals surface area (Å²) >= 11 is 0. The van der Waals surface area contributed by atoms with Crippen molar-refractivity contribution in [3.63, 3.8) is 0 Å². The predicted molar refractivity (Wildman–Crippen MR) is 72.0 cm³/mol. The van der Waals surface area contributed by atoms with E-state index in [0.717, 1.165) is 6.67 Å². The van der Waals surface area contributed by atoms with Gasteiger partial charge in [0, 0.05) is 12.3 Å². The zero-order chi connectivity index (χ0) is 14.0. The van der Waals surface area contributed by atoms with Crippen LogP contribution in [0, 0.1) is 0 Å². The molecular weight excluding hydrogens is 252 g/mol. The van der Waals surface area contributed by atoms with Crippen LogP contribution in [0.3, 0.4) is 0 Å². The summed E-state index contributed by atoms with van der Waals surface area (Å²) in [4.78, 5) is 3.90. The summed E-state index contributed by atoms with van der Waals surface area (Å²) in [5.74, 6) is -0.312. The fraction of sp³-hybridized carbons (Fsp3) is 0.833. The van der Waals surface area contributed by atoms with E-state index < -0.39 is 10.1 Å². The third-order valence-corrected chi connectivity index (χ3v) is 3.38. The van der Waals surface area contributed by atoms with Crippen LogP contribution in [-0.2, 0) is 10.1 Å². The van der Waals surface area contributed by atoms with E-state index >= 15 is 0 Å². The largest absolute Gasteiger partial charge is 0.748 e. The molecule has 0 radical (unpaired) electrons. The van der Waals surface area contributed by atoms with Gasteiger partial charge >= 0.3 is 0 Å². The number of hydrogen-bond acceptors (Lipinski definition) is 4. The summed E-state index contributed by atoms with van der Waals surface area (Å²) in [6.07, 6.45) is 9.91. The molecule has 0 bridgehead atoms. The minimum absolute atomic E-state index is 0.312. The second-order valence-electron chi connectivity index (χ2n) is 4.54. The van der Waals surface area contributed by atoms with E-state index in [0.29, 0.717) is 0 Å². The fourth-order valence-corrected chi connectivity index (χ4v) is 1.55. The second kappa shape index (κ2) is 9.35. The molecule has 1 unspecified atom stereocenters. The van der Waals surface area contributed by atoms with Crippen molar-refractivity contribution in [3.05, 3.63) is 12.4 Å². The monoisotopic (exact) mass is 278 g/mol. The van der Waals surface area contributed by atoms with Crippen LogP contribution in [0.2, 0.25) is 0 Å². The summed E-state index contributed by atoms with van der Waals surface area (Å²) in [7, 11) is -1.72. The molecule has 0 saturated heterocycles. The molecule has 0 fully saturated rings. The summed E-state index contributed by atoms with van der Waals surface area (Å²) in [5.41, 5.74) is 0. The quantitative estimate of drug-likeness (QED) is 0.563. The average Bonchev–Trinajstić information content (AvgIpc) is 2.71. The first-order chi connectivity index (χ1) is 8.39. The van der Waals surface area contributed by atoms with Gasteiger partial charge < -0.3 is 9.45 Å². The normalized spacial score (nSPS) is 18.7. The minimum atomic E-state index is -3.91. The van der Waals surface area contributed by atoms with E-state index in [1.807, 2.05) is 0 Å². The van der Waals surface area contributed by atoms with Crippen molar-refractivity contribution in [1.82, 2.24) is 4.90 Å². The van der Waals surface area contributed by atoms with Crippen molar-refractivity contribution in [1.29, 1.82) is 0 Å². The van der Waals surface area contributed by atoms with Crippen molar-refractivity contribution >= 4 is 10.1 Å². The van der Waals surface area contributed by atoms with Crippen LogP contribution < -0.4 is 4.90 Å². The Bertz CT molecular complexity index is 328. The summed E-state index contributed by atoms with van der Waals surface area (Å²) in [5, 5.41) is 0. The molecule has 0 amide bonds. The predicted octanol–water partition coefficient (Wildman–Crippen LogP) is 0.377. The van der Waals surface area contributed by atoms with Gasteiger partial charge in [-0.2, -0.15) is 0 Å². The van der Waals surface area contributed by atoms with E-state index in [4.69, 9.17) is 0 Å². The van der Waals surface area contributed by atoms with Gasteiger partial charge in [0.25, 0.3) is 0 Å². The Labute approximate surface area is 111 Å². The number of rotatable bonds is 6. The minimum Gasteiger partial charge on any atom is -0.748 e. The summed E-state index contributed by atoms with van der Waals surface area (Å²) in [6.45, 7) is 5.97. The first kappa shape index (κ1) is 17.4. The lowest BCUT2D eigenvalue weighted by atomic mass is 10.2. The number of nitrogens with one attached hydrogen (secondary N) is 1. The van der Waals surface area contributed by atoms with Crippen LogP contribution in [0.4, 0.5) is 0 Å². The van der Waals surface area contributed by atoms with Crippen molar-refractivity contribution in [2.24, 2.45) is 0 Å². The smallest absolute Gasteiger partial charge is 0.156 e. The highest BCUT2D eigenvalue weighted by atomic mass is 32.2. The topological polar surface area (TPSA) is 64.9 Å². The molecule has 0 aromatic carbocycles. The number of hydrogen-bond donors (Lipinski definition) is 1. The lowest BCUT2D eigenvalue weighted by molar-refractivity contribution is -0.826. The summed E-state index contributed by atoms with van der Waals surface area (Å²) in [6, 6.07) is 0. The molecular formula is C12H26N2O3S. The van der Waals surface area contributed by atoms with Crippen molar-refractivity contribution < 1.29 is 17.9 Å². The zero-order valence-corrected chi connectivity index (χ0v) is 12.5. The highest BCUT2D eigenvalue weighted by Crippen LogP contribution is 2.01. The van der Waals surface area contributed by atoms with Gasteiger partial charge in [0.1, 0.15) is 6.20 Å². The maximum absolute atomic E-state index is 9.44. The maximum Gasteiger partial charge on any atom is 0.156 e. The number of unbranched alkanes of at least 4 members (excludes halogenated alkanes) is 3. The standard InChI is InChI=1S/C10H20N2.C2H6O3S/c1-3-4-5-6-7-12-9-8-11(2)10-12;1-2-6(3,4)5/h8-9H,3-7,10H2,1-2H3;2H2,1H3,(H,3,4,5). The van der Waals surface area contributed by atoms with Gasteiger partial charge in [0.2, 0.25) is 0 Å². The Hall–Kier alpha value is -0.590. The molecule has 1 aliphatic heterocycles. The highest BCUT2D eigenvalue weighted by molar-refractivity contribution is 7.85. The molecule has 1 aliphatic rings. The fourth-order valence-electron chi connectivity index (χ4n) is 1.55. The molecule has 1 rings (SSSR count). The third-order valence-electron chi connectivity index (χ3n) is 2.67. The van der Waals surface area contributed by atoms with Gasteiger partial charge in [-0.3, -0.25) is 4.90 Å². The van der Waals surface area contributed by atoms with Crippen LogP contribution >= 0.6 is 0 Å². The van der Waals surface area contributed by atoms with E-state index in [1.165, 1.54) is 44.1 Å². The van der Waals surface area contributed by atoms with Gasteiger partial charge in [0.15, 0.2) is 6.67 Å². The molecule has 0 aromatic rings. The van der Waals surface area contributed by atoms with Crippen molar-refractivity contribution in [2.75, 3.05) is 26.0 Å². The first-order valence-electron chi connectivity index (χ1n) is 6.57. The Balaban J connectivity index is 0.000000411. The van der Waals surface area contributed by atoms with Crippen LogP contribution in [0.15, 0.2) is 12.4 Å². The van der Waals surface area contributed by atoms with Gasteiger partial charge in [0.05, 0.1) is 23.4 Å². The van der Waals surface area contributed by atoms with Crippen molar-refractivity contribution in [2.45, 2.75) is 39.5 Å². The van der Waals surface area contributed by atoms with Crippen LogP contribution in [0.5, 0.6) is 0 Å². The Morgan fingerprint density at radius 2 is 1.89 bits per heavy atom. The molecule has 1 N–H and O–H groups in total. The molecule has 1 atom stereocenters. The average molecular weight is 278 g/mol. The molecule has 0 aliphatic carbocycles. The van der Waals surface area contributed by atoms with E-state index in [-0.39, 0.29) is 5.75 Å². The van der Waals surface area contributed by atoms with Crippen LogP contribution in [-0.4, -0.2) is 43.9 Å². The number of nitrogens with zero attached hydrogens (tertiary/aromatic N) is 1. The molecule has 0 saturated carbocycles. The SMILES string of the molecule is CCCCCCN1C=C[NH+](C)C1.CCS(=O)(=O)[O-]. The molecule has 18 heavy (non-hydrogen) atoms. The Kier molecular flexibility index (Phi) is 9.05. The molecule has 6 heteroatoms. The van der Waals surface area contributed by atoms with E-state index in [1.54, 1.807) is 0 Å². The first-order valence-corrected chi connectivity index (χ1v) is 8.15.